The second kappa shape index (κ2) is 3.87. The molecule has 0 radical (unpaired) electrons. The first kappa shape index (κ1) is 8.73. The van der Waals surface area contributed by atoms with Crippen LogP contribution in [0.3, 0.4) is 0 Å². The van der Waals surface area contributed by atoms with Gasteiger partial charge in [-0.1, -0.05) is 0 Å². The SMILES string of the molecule is CCON(C)C(=O)c1ncc[nH]1. The number of hydrogen-bond acceptors (Lipinski definition) is 3. The Kier molecular flexibility index (Phi) is 2.82. The molecule has 1 heterocycles. The van der Waals surface area contributed by atoms with Crippen molar-refractivity contribution in [1.82, 2.24) is 15.0 Å². The first-order valence-electron chi connectivity index (χ1n) is 3.66. The van der Waals surface area contributed by atoms with Gasteiger partial charge in [0.25, 0.3) is 0 Å². The molecule has 1 aromatic heterocycles. The van der Waals surface area contributed by atoms with Gasteiger partial charge in [0.2, 0.25) is 0 Å². The molecule has 0 aliphatic carbocycles. The monoisotopic (exact) mass is 169 g/mol. The summed E-state index contributed by atoms with van der Waals surface area (Å²) in [6, 6.07) is 0. The smallest absolute Gasteiger partial charge is 0.312 e. The molecule has 0 aliphatic rings. The van der Waals surface area contributed by atoms with Crippen molar-refractivity contribution in [2.24, 2.45) is 0 Å². The molecule has 12 heavy (non-hydrogen) atoms. The molecule has 1 amide bonds. The van der Waals surface area contributed by atoms with Crippen LogP contribution in [0, 0.1) is 0 Å². The van der Waals surface area contributed by atoms with E-state index < -0.39 is 0 Å². The second-order valence-electron chi connectivity index (χ2n) is 2.16. The van der Waals surface area contributed by atoms with E-state index >= 15 is 0 Å². The number of hydroxylamine groups is 2. The average molecular weight is 169 g/mol. The zero-order valence-electron chi connectivity index (χ0n) is 7.07. The van der Waals surface area contributed by atoms with Gasteiger partial charge in [0, 0.05) is 19.4 Å². The van der Waals surface area contributed by atoms with Crippen LogP contribution in [0.25, 0.3) is 0 Å². The molecular formula is C7H11N3O2. The number of nitrogens with zero attached hydrogens (tertiary/aromatic N) is 2. The molecule has 0 bridgehead atoms. The maximum atomic E-state index is 11.3. The third kappa shape index (κ3) is 1.82. The fourth-order valence-corrected chi connectivity index (χ4v) is 0.784. The van der Waals surface area contributed by atoms with Gasteiger partial charge >= 0.3 is 5.91 Å². The molecule has 1 aromatic rings. The van der Waals surface area contributed by atoms with Crippen molar-refractivity contribution in [3.05, 3.63) is 18.2 Å². The molecular weight excluding hydrogens is 158 g/mol. The molecule has 0 fully saturated rings. The van der Waals surface area contributed by atoms with Crippen molar-refractivity contribution in [3.63, 3.8) is 0 Å². The van der Waals surface area contributed by atoms with E-state index in [-0.39, 0.29) is 11.7 Å². The Hall–Kier alpha value is -1.36. The molecule has 0 saturated carbocycles. The molecule has 5 heteroatoms. The molecule has 0 unspecified atom stereocenters. The minimum Gasteiger partial charge on any atom is -0.340 e. The lowest BCUT2D eigenvalue weighted by molar-refractivity contribution is -0.101. The molecule has 0 spiro atoms. The Labute approximate surface area is 70.3 Å². The maximum Gasteiger partial charge on any atom is 0.312 e. The molecule has 1 rings (SSSR count). The van der Waals surface area contributed by atoms with Crippen LogP contribution < -0.4 is 0 Å². The van der Waals surface area contributed by atoms with Crippen molar-refractivity contribution in [2.45, 2.75) is 6.92 Å². The Morgan fingerprint density at radius 3 is 3.08 bits per heavy atom. The van der Waals surface area contributed by atoms with Crippen molar-refractivity contribution < 1.29 is 9.63 Å². The third-order valence-corrected chi connectivity index (χ3v) is 1.31. The average Bonchev–Trinajstić information content (AvgIpc) is 2.55. The van der Waals surface area contributed by atoms with Gasteiger partial charge in [-0.15, -0.1) is 0 Å². The number of carbonyl (C=O) groups is 1. The summed E-state index contributed by atoms with van der Waals surface area (Å²) >= 11 is 0. The summed E-state index contributed by atoms with van der Waals surface area (Å²) in [5.74, 6) is 0.00722. The first-order chi connectivity index (χ1) is 5.75. The Morgan fingerprint density at radius 2 is 2.58 bits per heavy atom. The third-order valence-electron chi connectivity index (χ3n) is 1.31. The summed E-state index contributed by atoms with van der Waals surface area (Å²) < 4.78 is 0. The van der Waals surface area contributed by atoms with E-state index in [9.17, 15) is 4.79 Å². The van der Waals surface area contributed by atoms with E-state index in [0.29, 0.717) is 6.61 Å². The van der Waals surface area contributed by atoms with Crippen LogP contribution in [0.5, 0.6) is 0 Å². The quantitative estimate of drug-likeness (QED) is 0.667. The zero-order chi connectivity index (χ0) is 8.97. The first-order valence-corrected chi connectivity index (χ1v) is 3.66. The zero-order valence-corrected chi connectivity index (χ0v) is 7.07. The molecule has 0 saturated heterocycles. The van der Waals surface area contributed by atoms with Gasteiger partial charge in [-0.25, -0.2) is 10.0 Å². The second-order valence-corrected chi connectivity index (χ2v) is 2.16. The lowest BCUT2D eigenvalue weighted by Gasteiger charge is -2.13. The number of hydrogen-bond donors (Lipinski definition) is 1. The highest BCUT2D eigenvalue weighted by Gasteiger charge is 2.13. The predicted octanol–water partition coefficient (Wildman–Crippen LogP) is 0.433. The minimum atomic E-state index is -0.276. The lowest BCUT2D eigenvalue weighted by atomic mass is 10.6. The summed E-state index contributed by atoms with van der Waals surface area (Å²) in [4.78, 5) is 22.7. The standard InChI is InChI=1S/C7H11N3O2/c1-3-12-10(2)7(11)6-8-4-5-9-6/h4-5H,3H2,1-2H3,(H,8,9). The van der Waals surface area contributed by atoms with Crippen LogP contribution in [-0.2, 0) is 4.84 Å². The summed E-state index contributed by atoms with van der Waals surface area (Å²) in [5, 5.41) is 1.15. The summed E-state index contributed by atoms with van der Waals surface area (Å²) in [6.07, 6.45) is 3.11. The molecule has 1 N–H and O–H groups in total. The highest BCUT2D eigenvalue weighted by atomic mass is 16.7. The van der Waals surface area contributed by atoms with Crippen molar-refractivity contribution in [2.75, 3.05) is 13.7 Å². The van der Waals surface area contributed by atoms with Crippen LogP contribution in [0.4, 0.5) is 0 Å². The Morgan fingerprint density at radius 1 is 1.83 bits per heavy atom. The number of carbonyl (C=O) groups excluding carboxylic acids is 1. The van der Waals surface area contributed by atoms with E-state index in [1.807, 2.05) is 6.92 Å². The van der Waals surface area contributed by atoms with Gasteiger partial charge in [0.05, 0.1) is 6.61 Å². The summed E-state index contributed by atoms with van der Waals surface area (Å²) in [7, 11) is 1.55. The minimum absolute atomic E-state index is 0.276. The maximum absolute atomic E-state index is 11.3. The van der Waals surface area contributed by atoms with Crippen LogP contribution in [0.2, 0.25) is 0 Å². The lowest BCUT2D eigenvalue weighted by Crippen LogP contribution is -2.27. The van der Waals surface area contributed by atoms with E-state index in [1.54, 1.807) is 13.2 Å². The topological polar surface area (TPSA) is 58.2 Å². The van der Waals surface area contributed by atoms with Gasteiger partial charge in [-0.2, -0.15) is 0 Å². The summed E-state index contributed by atoms with van der Waals surface area (Å²) in [5.41, 5.74) is 0. The summed E-state index contributed by atoms with van der Waals surface area (Å²) in [6.45, 7) is 2.27. The van der Waals surface area contributed by atoms with E-state index in [0.717, 1.165) is 5.06 Å². The van der Waals surface area contributed by atoms with E-state index in [4.69, 9.17) is 4.84 Å². The molecule has 0 aliphatic heterocycles. The fourth-order valence-electron chi connectivity index (χ4n) is 0.784. The Bertz CT molecular complexity index is 245. The fraction of sp³-hybridized carbons (Fsp3) is 0.429. The number of aromatic nitrogens is 2. The number of imidazole rings is 1. The van der Waals surface area contributed by atoms with E-state index in [1.165, 1.54) is 6.20 Å². The molecule has 0 atom stereocenters. The Balaban J connectivity index is 2.59. The molecule has 66 valence electrons. The normalized spacial score (nSPS) is 9.83. The van der Waals surface area contributed by atoms with E-state index in [2.05, 4.69) is 9.97 Å². The van der Waals surface area contributed by atoms with Crippen molar-refractivity contribution in [3.8, 4) is 0 Å². The van der Waals surface area contributed by atoms with Crippen molar-refractivity contribution >= 4 is 5.91 Å². The number of aromatic amines is 1. The van der Waals surface area contributed by atoms with Gasteiger partial charge in [0.15, 0.2) is 5.82 Å². The van der Waals surface area contributed by atoms with Gasteiger partial charge in [-0.05, 0) is 6.92 Å². The molecule has 5 nitrogen and oxygen atoms in total. The van der Waals surface area contributed by atoms with Gasteiger partial charge in [0.1, 0.15) is 0 Å². The van der Waals surface area contributed by atoms with Crippen LogP contribution in [0.1, 0.15) is 17.5 Å². The number of nitrogens with one attached hydrogen (secondary N) is 1. The molecule has 0 aromatic carbocycles. The largest absolute Gasteiger partial charge is 0.340 e. The van der Waals surface area contributed by atoms with Gasteiger partial charge in [-0.3, -0.25) is 9.63 Å². The van der Waals surface area contributed by atoms with Crippen LogP contribution in [-0.4, -0.2) is 34.6 Å². The number of rotatable bonds is 3. The highest BCUT2D eigenvalue weighted by Crippen LogP contribution is 1.95. The van der Waals surface area contributed by atoms with Gasteiger partial charge < -0.3 is 4.98 Å². The number of amides is 1. The number of H-pyrrole nitrogens is 1. The van der Waals surface area contributed by atoms with Crippen LogP contribution in [0.15, 0.2) is 12.4 Å². The predicted molar refractivity (Wildman–Crippen MR) is 42.3 cm³/mol. The highest BCUT2D eigenvalue weighted by molar-refractivity contribution is 5.89. The van der Waals surface area contributed by atoms with Crippen molar-refractivity contribution in [1.29, 1.82) is 0 Å². The van der Waals surface area contributed by atoms with Crippen LogP contribution >= 0.6 is 0 Å².